The van der Waals surface area contributed by atoms with Gasteiger partial charge in [0.1, 0.15) is 84.4 Å². The zero-order valence-corrected chi connectivity index (χ0v) is 92.8. The molecule has 1 atom stereocenters. The van der Waals surface area contributed by atoms with E-state index >= 15 is 0 Å². The number of hydrogen-bond acceptors (Lipinski definition) is 17. The number of nitrogens with two attached hydrogens (primary N) is 1. The van der Waals surface area contributed by atoms with E-state index in [-0.39, 0.29) is 122 Å². The second kappa shape index (κ2) is 59.2. The Morgan fingerprint density at radius 2 is 0.858 bits per heavy atom. The van der Waals surface area contributed by atoms with E-state index in [1.54, 1.807) is 30.4 Å². The minimum atomic E-state index is -3.10. The zero-order valence-electron chi connectivity index (χ0n) is 88.8. The largest absolute Gasteiger partial charge is 0.452 e. The van der Waals surface area contributed by atoms with Crippen molar-refractivity contribution in [2.75, 3.05) is 18.8 Å². The van der Waals surface area contributed by atoms with Crippen LogP contribution in [0.5, 0.6) is 0 Å². The Labute approximate surface area is 872 Å². The first-order chi connectivity index (χ1) is 60.5. The normalized spacial score (nSPS) is 12.9. The van der Waals surface area contributed by atoms with Crippen molar-refractivity contribution in [3.8, 4) is 43.1 Å². The number of hydrogen-bond donors (Lipinski definition) is 9. The Balaban J connectivity index is -0.000000277. The Bertz CT molecular complexity index is 5490. The molecule has 12 rings (SSSR count). The predicted octanol–water partition coefficient (Wildman–Crippen LogP) is 29.7. The topological polar surface area (TPSA) is 385 Å². The summed E-state index contributed by atoms with van der Waals surface area (Å²) in [6.07, 6.45) is 39.3. The van der Waals surface area contributed by atoms with Gasteiger partial charge in [-0.15, -0.1) is 31.0 Å². The van der Waals surface area contributed by atoms with Gasteiger partial charge < -0.3 is 50.0 Å². The van der Waals surface area contributed by atoms with Gasteiger partial charge in [0.05, 0.1) is 40.1 Å². The molecule has 0 aromatic carbocycles. The highest BCUT2D eigenvalue weighted by molar-refractivity contribution is 8.13. The molecule has 25 nitrogen and oxygen atoms in total. The van der Waals surface area contributed by atoms with Gasteiger partial charge in [-0.1, -0.05) is 355 Å². The maximum Gasteiger partial charge on any atom is 0.266 e. The molecular formula is C111H188Cl2N20O5S3. The molecule has 1 amide bonds. The van der Waals surface area contributed by atoms with E-state index < -0.39 is 26.5 Å². The van der Waals surface area contributed by atoms with Gasteiger partial charge in [0, 0.05) is 161 Å². The molecule has 9 aromatic heterocycles. The number of H-pyrrole nitrogens is 8. The maximum atomic E-state index is 11.1. The van der Waals surface area contributed by atoms with E-state index in [0.29, 0.717) is 33.9 Å². The number of halogens is 2. The van der Waals surface area contributed by atoms with Crippen molar-refractivity contribution in [2.24, 2.45) is 37.0 Å². The van der Waals surface area contributed by atoms with Crippen LogP contribution in [0.15, 0.2) is 110 Å². The Kier molecular flexibility index (Phi) is 60.5. The molecule has 12 heterocycles. The van der Waals surface area contributed by atoms with Crippen molar-refractivity contribution in [3.05, 3.63) is 204 Å². The summed E-state index contributed by atoms with van der Waals surface area (Å²) in [7, 11) is -4.00. The molecule has 0 saturated heterocycles. The number of terminal acetylenes is 3. The lowest BCUT2D eigenvalue weighted by atomic mass is 9.92. The number of amides is 1. The lowest BCUT2D eigenvalue weighted by molar-refractivity contribution is 0.0995. The second-order valence-corrected chi connectivity index (χ2v) is 50.0. The lowest BCUT2D eigenvalue weighted by Gasteiger charge is -2.16. The molecule has 3 aliphatic heterocycles. The van der Waals surface area contributed by atoms with E-state index in [9.17, 15) is 17.4 Å². The van der Waals surface area contributed by atoms with Gasteiger partial charge in [-0.3, -0.25) is 14.0 Å². The number of aromatic amines is 8. The SMILES string of the molecule is C.C.C.C.C.C.C.C#Cc1c[nH]c(C(C)(C)C)c1.C#Cc1ccc(C(C)(C)C)o1.C#Cc1cnc(C(C)(C)C)[nH]1.CC(C)(C)C1=CCC(S(C)(=O)=O)=N1.CC(C)(C)c1ncc(C(N)=O)[nH]1.CC(C)(C)c1ncc(Cl)[nH]1.CS(=O)C1=NC(C(C)(C)C)=CC1.CSC1=NC(C(C)(C)C)=CC1.Cc1[nH]c(C(C)(C)C)nc1C#N.Cc1[nH]c(C(C)(C)C)nc1Cl.Cc1cnc(C(C)(C)C)[nH]1.Cc1cnc(C(C)(C)C)[nH]1. The Morgan fingerprint density at radius 3 is 1.07 bits per heavy atom. The second-order valence-electron chi connectivity index (χ2n) is 45.0. The molecule has 0 saturated carbocycles. The number of aliphatic imine (C=N–C) groups is 3. The molecule has 30 heteroatoms. The van der Waals surface area contributed by atoms with E-state index in [4.69, 9.17) is 57.9 Å². The number of furan rings is 1. The number of carbonyl (C=O) groups excluding carboxylic acids is 1. The van der Waals surface area contributed by atoms with E-state index in [1.807, 2.05) is 118 Å². The summed E-state index contributed by atoms with van der Waals surface area (Å²) in [5.41, 5.74) is 16.8. The number of nitrogens with one attached hydrogen (secondary N) is 8. The summed E-state index contributed by atoms with van der Waals surface area (Å²) >= 11 is 13.2. The number of carbonyl (C=O) groups is 1. The van der Waals surface area contributed by atoms with Crippen molar-refractivity contribution >= 4 is 76.6 Å². The highest BCUT2D eigenvalue weighted by Crippen LogP contribution is 2.35. The molecule has 0 spiro atoms. The fourth-order valence-corrected chi connectivity index (χ4v) is 12.4. The number of allylic oxidation sites excluding steroid dienone is 6. The first-order valence-electron chi connectivity index (χ1n) is 44.5. The first kappa shape index (κ1) is 144. The third-order valence-electron chi connectivity index (χ3n) is 18.9. The minimum absolute atomic E-state index is 0. The fourth-order valence-electron chi connectivity index (χ4n) is 10.5. The number of aromatic nitrogens is 15. The van der Waals surface area contributed by atoms with Gasteiger partial charge in [-0.25, -0.2) is 53.3 Å². The number of primary amides is 1. The molecule has 0 bridgehead atoms. The molecule has 141 heavy (non-hydrogen) atoms. The summed E-state index contributed by atoms with van der Waals surface area (Å²) in [6, 6.07) is 7.81. The molecule has 9 aromatic rings. The van der Waals surface area contributed by atoms with E-state index in [2.05, 4.69) is 334 Å². The molecule has 3 aliphatic rings. The van der Waals surface area contributed by atoms with Crippen molar-refractivity contribution in [2.45, 2.75) is 397 Å². The number of nitrogens with zero attached hydrogens (tertiary/aromatic N) is 11. The number of thioether (sulfide) groups is 1. The summed E-state index contributed by atoms with van der Waals surface area (Å²) in [5, 5.41) is 12.2. The van der Waals surface area contributed by atoms with Crippen LogP contribution in [0.2, 0.25) is 10.3 Å². The summed E-state index contributed by atoms with van der Waals surface area (Å²) in [6.45, 7) is 83.5. The van der Waals surface area contributed by atoms with E-state index in [0.717, 1.165) is 110 Å². The standard InChI is InChI=1S/C10H13N.C10H12O.C9H13N3.C9H12N2.C9H15NO2S.C9H15NOS.C9H15NS.C8H13ClN2.C8H13N3O.2C8H14N2.C7H11ClN2.7CH4/c1-5-8-6-9(11-7-8)10(2,3)4;1-5-8-6-7-9(11-8)10(2,3)4;1-6-7(5-10)12-8(11-6)9(2,3)4;1-5-7-6-10-8(11-7)9(2,3)4;1-9(2,3)7-5-6-8(10-7)13(4,11)12;1-9(2,3)7-5-6-8(10-7)12(4)11;1-9(2,3)7-5-6-8(10-7)11-4;1-5-6(9)11-7(10-5)8(2,3)4;1-8(2,3)7-10-4-5(11-7)6(9)12;2*1-6-5-9-7(10-6)8(2,3)4;1-7(2,3)6-9-4-5(8)10-6;;;;;;;/h1,6-7,11H,2-4H3;1,6-7H,2-4H3;1-4H3,(H,11,12);1,6H,2-4H3,(H,10,11);5H,6H2,1-4H3;5H,6H2,1-4H3;5H,6H2,1-4H3;1-4H3,(H,10,11);4H,1-3H3,(H2,9,12)(H,10,11);2*5H,1-4H3,(H,9,10);4H,1-3H3,(H,9,10);7*1H4. The number of sulfone groups is 1. The van der Waals surface area contributed by atoms with Crippen molar-refractivity contribution < 1.29 is 21.8 Å². The number of rotatable bonds is 1. The van der Waals surface area contributed by atoms with Crippen molar-refractivity contribution in [1.29, 1.82) is 5.26 Å². The first-order valence-corrected chi connectivity index (χ1v) is 49.9. The smallest absolute Gasteiger partial charge is 0.266 e. The highest BCUT2D eigenvalue weighted by atomic mass is 35.5. The predicted molar refractivity (Wildman–Crippen MR) is 612 cm³/mol. The monoisotopic (exact) mass is 2050 g/mol. The van der Waals surface area contributed by atoms with Crippen LogP contribution >= 0.6 is 35.0 Å². The van der Waals surface area contributed by atoms with Gasteiger partial charge in [-0.2, -0.15) is 5.26 Å². The van der Waals surface area contributed by atoms with Crippen LogP contribution in [0.1, 0.15) is 429 Å². The maximum absolute atomic E-state index is 11.1. The average Bonchev–Trinajstić information content (AvgIpc) is 1.68. The Morgan fingerprint density at radius 1 is 0.468 bits per heavy atom. The third kappa shape index (κ3) is 53.2. The Hall–Kier alpha value is -10.1. The number of imidazole rings is 7. The van der Waals surface area contributed by atoms with E-state index in [1.165, 1.54) is 28.9 Å². The van der Waals surface area contributed by atoms with Crippen LogP contribution in [0.3, 0.4) is 0 Å². The molecule has 0 fully saturated rings. The minimum Gasteiger partial charge on any atom is -0.452 e. The summed E-state index contributed by atoms with van der Waals surface area (Å²) < 4.78 is 38.7. The molecule has 794 valence electrons. The molecule has 10 N–H and O–H groups in total. The average molecular weight is 2050 g/mol. The molecular weight excluding hydrogens is 1860 g/mol. The number of nitriles is 1. The van der Waals surface area contributed by atoms with Crippen LogP contribution < -0.4 is 5.73 Å². The van der Waals surface area contributed by atoms with Crippen LogP contribution in [0, 0.1) is 92.3 Å². The quantitative estimate of drug-likeness (QED) is 0.0690. The number of aryl methyl sites for hydroxylation is 4. The van der Waals surface area contributed by atoms with Crippen LogP contribution in [0.4, 0.5) is 0 Å². The molecule has 1 unspecified atom stereocenters. The van der Waals surface area contributed by atoms with Gasteiger partial charge in [0.15, 0.2) is 21.3 Å². The van der Waals surface area contributed by atoms with Gasteiger partial charge in [0.25, 0.3) is 5.91 Å². The van der Waals surface area contributed by atoms with Crippen molar-refractivity contribution in [1.82, 2.24) is 74.8 Å². The summed E-state index contributed by atoms with van der Waals surface area (Å²) in [4.78, 5) is 77.5. The van der Waals surface area contributed by atoms with Gasteiger partial charge in [0.2, 0.25) is 0 Å². The molecule has 0 radical (unpaired) electrons. The molecule has 0 aliphatic carbocycles. The third-order valence-corrected chi connectivity index (χ3v) is 22.2. The van der Waals surface area contributed by atoms with Gasteiger partial charge in [-0.05, 0) is 58.1 Å². The lowest BCUT2D eigenvalue weighted by Crippen LogP contribution is -2.15. The fraction of sp³-hybridized carbons (Fsp3) is 0.586. The summed E-state index contributed by atoms with van der Waals surface area (Å²) in [5.74, 6) is 15.2. The van der Waals surface area contributed by atoms with Crippen LogP contribution in [0.25, 0.3) is 0 Å². The van der Waals surface area contributed by atoms with Crippen LogP contribution in [-0.4, -0.2) is 127 Å². The zero-order chi connectivity index (χ0) is 104. The van der Waals surface area contributed by atoms with Gasteiger partial charge >= 0.3 is 0 Å². The highest BCUT2D eigenvalue weighted by Gasteiger charge is 2.29. The van der Waals surface area contributed by atoms with Crippen LogP contribution in [-0.2, 0) is 69.4 Å². The van der Waals surface area contributed by atoms with Crippen molar-refractivity contribution in [3.63, 3.8) is 0 Å².